The van der Waals surface area contributed by atoms with Crippen LogP contribution in [0.2, 0.25) is 0 Å². The van der Waals surface area contributed by atoms with Crippen molar-refractivity contribution in [1.29, 1.82) is 5.26 Å². The minimum atomic E-state index is 0.371. The number of hydrogen-bond donors (Lipinski definition) is 1. The van der Waals surface area contributed by atoms with Crippen molar-refractivity contribution in [3.05, 3.63) is 0 Å². The number of nitrogens with zero attached hydrogens (tertiary/aromatic N) is 2. The predicted octanol–water partition coefficient (Wildman–Crippen LogP) is 1.75. The smallest absolute Gasteiger partial charge is 0.0628 e. The van der Waals surface area contributed by atoms with Crippen molar-refractivity contribution in [1.82, 2.24) is 10.2 Å². The monoisotopic (exact) mass is 221 g/mol. The zero-order chi connectivity index (χ0) is 11.4. The first kappa shape index (κ1) is 11.9. The van der Waals surface area contributed by atoms with E-state index in [1.807, 2.05) is 0 Å². The van der Waals surface area contributed by atoms with Crippen molar-refractivity contribution >= 4 is 0 Å². The molecule has 2 rings (SSSR count). The molecule has 0 atom stereocenters. The molecule has 0 amide bonds. The second kappa shape index (κ2) is 5.16. The third kappa shape index (κ3) is 2.75. The lowest BCUT2D eigenvalue weighted by Crippen LogP contribution is -2.45. The molecule has 0 aromatic rings. The van der Waals surface area contributed by atoms with Crippen LogP contribution in [0.15, 0.2) is 0 Å². The number of nitriles is 1. The molecule has 1 saturated heterocycles. The standard InChI is InChI=1S/C13H23N3/c1-2-16(12-3-9-15-10-4-12)11-13(5-6-13)7-8-14/h12,15H,2-7,9-11H2,1H3. The lowest BCUT2D eigenvalue weighted by molar-refractivity contribution is 0.139. The van der Waals surface area contributed by atoms with Gasteiger partial charge < -0.3 is 5.32 Å². The summed E-state index contributed by atoms with van der Waals surface area (Å²) in [4.78, 5) is 2.62. The highest BCUT2D eigenvalue weighted by atomic mass is 15.2. The normalized spacial score (nSPS) is 24.3. The first-order chi connectivity index (χ1) is 7.79. The minimum absolute atomic E-state index is 0.371. The Morgan fingerprint density at radius 2 is 2.06 bits per heavy atom. The second-order valence-electron chi connectivity index (χ2n) is 5.38. The fourth-order valence-corrected chi connectivity index (χ4v) is 2.84. The minimum Gasteiger partial charge on any atom is -0.317 e. The lowest BCUT2D eigenvalue weighted by atomic mass is 9.98. The Labute approximate surface area is 98.8 Å². The van der Waals surface area contributed by atoms with Gasteiger partial charge in [0.2, 0.25) is 0 Å². The van der Waals surface area contributed by atoms with Crippen LogP contribution in [0.4, 0.5) is 0 Å². The zero-order valence-corrected chi connectivity index (χ0v) is 10.3. The molecule has 0 aromatic heterocycles. The highest BCUT2D eigenvalue weighted by Gasteiger charge is 2.44. The Morgan fingerprint density at radius 1 is 1.38 bits per heavy atom. The zero-order valence-electron chi connectivity index (χ0n) is 10.3. The van der Waals surface area contributed by atoms with E-state index in [-0.39, 0.29) is 0 Å². The van der Waals surface area contributed by atoms with Crippen LogP contribution in [-0.2, 0) is 0 Å². The highest BCUT2D eigenvalue weighted by molar-refractivity contribution is 5.01. The number of hydrogen-bond acceptors (Lipinski definition) is 3. The van der Waals surface area contributed by atoms with Crippen molar-refractivity contribution in [3.63, 3.8) is 0 Å². The van der Waals surface area contributed by atoms with Gasteiger partial charge in [0.1, 0.15) is 0 Å². The topological polar surface area (TPSA) is 39.1 Å². The quantitative estimate of drug-likeness (QED) is 0.769. The molecule has 0 spiro atoms. The van der Waals surface area contributed by atoms with Crippen LogP contribution in [0.5, 0.6) is 0 Å². The average Bonchev–Trinajstić information content (AvgIpc) is 3.08. The molecule has 0 unspecified atom stereocenters. The van der Waals surface area contributed by atoms with Crippen LogP contribution in [0.1, 0.15) is 39.0 Å². The van der Waals surface area contributed by atoms with E-state index in [4.69, 9.17) is 5.26 Å². The van der Waals surface area contributed by atoms with E-state index in [1.54, 1.807) is 0 Å². The largest absolute Gasteiger partial charge is 0.317 e. The van der Waals surface area contributed by atoms with E-state index in [2.05, 4.69) is 23.2 Å². The van der Waals surface area contributed by atoms with Gasteiger partial charge in [0.05, 0.1) is 6.07 Å². The Balaban J connectivity index is 1.87. The first-order valence-corrected chi connectivity index (χ1v) is 6.61. The van der Waals surface area contributed by atoms with Crippen LogP contribution in [-0.4, -0.2) is 37.1 Å². The molecule has 1 N–H and O–H groups in total. The van der Waals surface area contributed by atoms with Crippen molar-refractivity contribution in [3.8, 4) is 6.07 Å². The van der Waals surface area contributed by atoms with Crippen molar-refractivity contribution < 1.29 is 0 Å². The van der Waals surface area contributed by atoms with Gasteiger partial charge in [0.15, 0.2) is 0 Å². The van der Waals surface area contributed by atoms with Crippen LogP contribution < -0.4 is 5.32 Å². The molecular weight excluding hydrogens is 198 g/mol. The molecule has 0 bridgehead atoms. The summed E-state index contributed by atoms with van der Waals surface area (Å²) >= 11 is 0. The fraction of sp³-hybridized carbons (Fsp3) is 0.923. The molecule has 1 aliphatic carbocycles. The van der Waals surface area contributed by atoms with E-state index in [0.717, 1.165) is 38.6 Å². The lowest BCUT2D eigenvalue weighted by Gasteiger charge is -2.36. The van der Waals surface area contributed by atoms with Gasteiger partial charge in [-0.15, -0.1) is 0 Å². The van der Waals surface area contributed by atoms with Crippen molar-refractivity contribution in [2.75, 3.05) is 26.2 Å². The summed E-state index contributed by atoms with van der Waals surface area (Å²) in [5, 5.41) is 12.3. The predicted molar refractivity (Wildman–Crippen MR) is 65.0 cm³/mol. The molecule has 1 aliphatic heterocycles. The van der Waals surface area contributed by atoms with Crippen molar-refractivity contribution in [2.24, 2.45) is 5.41 Å². The summed E-state index contributed by atoms with van der Waals surface area (Å²) in [6.45, 7) is 6.86. The molecule has 1 heterocycles. The molecule has 2 aliphatic rings. The summed E-state index contributed by atoms with van der Waals surface area (Å²) < 4.78 is 0. The highest BCUT2D eigenvalue weighted by Crippen LogP contribution is 2.49. The maximum absolute atomic E-state index is 8.86. The second-order valence-corrected chi connectivity index (χ2v) is 5.38. The number of piperidine rings is 1. The van der Waals surface area contributed by atoms with Crippen LogP contribution >= 0.6 is 0 Å². The van der Waals surface area contributed by atoms with Crippen LogP contribution in [0, 0.1) is 16.7 Å². The SMILES string of the molecule is CCN(CC1(CC#N)CC1)C1CCNCC1. The first-order valence-electron chi connectivity index (χ1n) is 6.61. The summed E-state index contributed by atoms with van der Waals surface area (Å²) in [5.74, 6) is 0. The van der Waals surface area contributed by atoms with E-state index < -0.39 is 0 Å². The maximum Gasteiger partial charge on any atom is 0.0628 e. The van der Waals surface area contributed by atoms with E-state index >= 15 is 0 Å². The summed E-state index contributed by atoms with van der Waals surface area (Å²) in [7, 11) is 0. The van der Waals surface area contributed by atoms with Crippen LogP contribution in [0.3, 0.4) is 0 Å². The molecular formula is C13H23N3. The summed E-state index contributed by atoms with van der Waals surface area (Å²) in [5.41, 5.74) is 0.371. The molecule has 3 heteroatoms. The number of rotatable bonds is 5. The van der Waals surface area contributed by atoms with Gasteiger partial charge in [0, 0.05) is 19.0 Å². The summed E-state index contributed by atoms with van der Waals surface area (Å²) in [6.07, 6.45) is 5.84. The molecule has 1 saturated carbocycles. The molecule has 90 valence electrons. The van der Waals surface area contributed by atoms with E-state index in [0.29, 0.717) is 5.41 Å². The number of nitrogens with one attached hydrogen (secondary N) is 1. The Hall–Kier alpha value is -0.590. The summed E-state index contributed by atoms with van der Waals surface area (Å²) in [6, 6.07) is 3.12. The van der Waals surface area contributed by atoms with Gasteiger partial charge in [-0.05, 0) is 50.7 Å². The van der Waals surface area contributed by atoms with Gasteiger partial charge >= 0.3 is 0 Å². The van der Waals surface area contributed by atoms with Gasteiger partial charge in [0.25, 0.3) is 0 Å². The Bertz CT molecular complexity index is 259. The average molecular weight is 221 g/mol. The third-order valence-electron chi connectivity index (χ3n) is 4.18. The Kier molecular flexibility index (Phi) is 3.83. The molecule has 0 radical (unpaired) electrons. The molecule has 3 nitrogen and oxygen atoms in total. The van der Waals surface area contributed by atoms with Crippen molar-refractivity contribution in [2.45, 2.75) is 45.1 Å². The maximum atomic E-state index is 8.86. The molecule has 0 aromatic carbocycles. The fourth-order valence-electron chi connectivity index (χ4n) is 2.84. The molecule has 2 fully saturated rings. The van der Waals surface area contributed by atoms with Crippen LogP contribution in [0.25, 0.3) is 0 Å². The molecule has 16 heavy (non-hydrogen) atoms. The Morgan fingerprint density at radius 3 is 2.56 bits per heavy atom. The van der Waals surface area contributed by atoms with Gasteiger partial charge in [-0.1, -0.05) is 6.92 Å². The van der Waals surface area contributed by atoms with Gasteiger partial charge in [-0.3, -0.25) is 4.90 Å². The van der Waals surface area contributed by atoms with E-state index in [1.165, 1.54) is 25.7 Å². The van der Waals surface area contributed by atoms with E-state index in [9.17, 15) is 0 Å². The van der Waals surface area contributed by atoms with Gasteiger partial charge in [-0.2, -0.15) is 5.26 Å². The van der Waals surface area contributed by atoms with Gasteiger partial charge in [-0.25, -0.2) is 0 Å². The third-order valence-corrected chi connectivity index (χ3v) is 4.18.